The van der Waals surface area contributed by atoms with E-state index >= 15 is 0 Å². The van der Waals surface area contributed by atoms with Crippen molar-refractivity contribution in [3.8, 4) is 0 Å². The van der Waals surface area contributed by atoms with Gasteiger partial charge >= 0.3 is 0 Å². The summed E-state index contributed by atoms with van der Waals surface area (Å²) in [5, 5.41) is 8.31. The highest BCUT2D eigenvalue weighted by atomic mass is 32.1. The van der Waals surface area contributed by atoms with Crippen molar-refractivity contribution in [3.63, 3.8) is 0 Å². The first-order valence-electron chi connectivity index (χ1n) is 10.9. The number of nitrogens with one attached hydrogen (secondary N) is 2. The van der Waals surface area contributed by atoms with Crippen molar-refractivity contribution in [1.82, 2.24) is 10.2 Å². The molecular formula is C25H30N4OS. The normalized spacial score (nSPS) is 15.6. The second-order valence-electron chi connectivity index (χ2n) is 7.96. The first-order chi connectivity index (χ1) is 15.2. The number of piperazine rings is 1. The van der Waals surface area contributed by atoms with Gasteiger partial charge in [-0.1, -0.05) is 36.4 Å². The van der Waals surface area contributed by atoms with E-state index in [1.165, 1.54) is 16.1 Å². The van der Waals surface area contributed by atoms with Crippen LogP contribution in [0.5, 0.6) is 0 Å². The van der Waals surface area contributed by atoms with E-state index in [0.29, 0.717) is 6.54 Å². The van der Waals surface area contributed by atoms with E-state index in [9.17, 15) is 4.79 Å². The molecule has 162 valence electrons. The summed E-state index contributed by atoms with van der Waals surface area (Å²) in [6.45, 7) is 7.53. The number of benzene rings is 2. The summed E-state index contributed by atoms with van der Waals surface area (Å²) in [5.74, 6) is -0.0225. The molecule has 2 N–H and O–H groups in total. The minimum atomic E-state index is -0.0225. The third-order valence-electron chi connectivity index (χ3n) is 5.68. The zero-order valence-corrected chi connectivity index (χ0v) is 18.8. The molecule has 3 aromatic rings. The Morgan fingerprint density at radius 2 is 1.71 bits per heavy atom. The molecule has 31 heavy (non-hydrogen) atoms. The molecule has 0 unspecified atom stereocenters. The van der Waals surface area contributed by atoms with Gasteiger partial charge in [0.2, 0.25) is 5.91 Å². The molecule has 6 heteroatoms. The first-order valence-corrected chi connectivity index (χ1v) is 11.7. The number of hydrogen-bond acceptors (Lipinski definition) is 5. The van der Waals surface area contributed by atoms with Crippen LogP contribution in [0.25, 0.3) is 0 Å². The van der Waals surface area contributed by atoms with Gasteiger partial charge in [0, 0.05) is 55.0 Å². The van der Waals surface area contributed by atoms with Crippen molar-refractivity contribution in [2.45, 2.75) is 19.5 Å². The molecule has 1 amide bonds. The fourth-order valence-electron chi connectivity index (χ4n) is 3.85. The molecule has 2 heterocycles. The molecule has 0 spiro atoms. The monoisotopic (exact) mass is 434 g/mol. The number of carbonyl (C=O) groups is 1. The second kappa shape index (κ2) is 10.6. The standard InChI is InChI=1S/C25H30N4OS/c1-20(24-8-5-17-31-24)26-18-25(30)27-22-9-11-23(12-10-22)29-15-13-28(14-16-29)19-21-6-3-2-4-7-21/h2-12,17,20,26H,13-16,18-19H2,1H3,(H,27,30)/t20-/m0/s1. The summed E-state index contributed by atoms with van der Waals surface area (Å²) in [7, 11) is 0. The molecular weight excluding hydrogens is 404 g/mol. The second-order valence-corrected chi connectivity index (χ2v) is 8.94. The highest BCUT2D eigenvalue weighted by Crippen LogP contribution is 2.21. The lowest BCUT2D eigenvalue weighted by molar-refractivity contribution is -0.115. The summed E-state index contributed by atoms with van der Waals surface area (Å²) in [6.07, 6.45) is 0. The number of nitrogens with zero attached hydrogens (tertiary/aromatic N) is 2. The first kappa shape index (κ1) is 21.6. The number of amides is 1. The van der Waals surface area contributed by atoms with Gasteiger partial charge in [-0.25, -0.2) is 0 Å². The Kier molecular flexibility index (Phi) is 7.35. The maximum Gasteiger partial charge on any atom is 0.238 e. The van der Waals surface area contributed by atoms with Gasteiger partial charge in [-0.2, -0.15) is 0 Å². The van der Waals surface area contributed by atoms with E-state index in [1.54, 1.807) is 11.3 Å². The van der Waals surface area contributed by atoms with Crippen molar-refractivity contribution >= 4 is 28.6 Å². The minimum absolute atomic E-state index is 0.0225. The van der Waals surface area contributed by atoms with E-state index in [0.717, 1.165) is 38.4 Å². The number of anilines is 2. The van der Waals surface area contributed by atoms with E-state index in [2.05, 4.69) is 81.3 Å². The largest absolute Gasteiger partial charge is 0.369 e. The fraction of sp³-hybridized carbons (Fsp3) is 0.320. The van der Waals surface area contributed by atoms with Crippen LogP contribution in [-0.4, -0.2) is 43.5 Å². The Hall–Kier alpha value is -2.67. The molecule has 1 fully saturated rings. The van der Waals surface area contributed by atoms with Crippen LogP contribution in [-0.2, 0) is 11.3 Å². The van der Waals surface area contributed by atoms with Crippen molar-refractivity contribution in [3.05, 3.63) is 82.6 Å². The lowest BCUT2D eigenvalue weighted by Gasteiger charge is -2.36. The average molecular weight is 435 g/mol. The molecule has 1 aliphatic heterocycles. The van der Waals surface area contributed by atoms with Crippen LogP contribution in [0.4, 0.5) is 11.4 Å². The molecule has 0 saturated carbocycles. The summed E-state index contributed by atoms with van der Waals surface area (Å²) in [6, 6.07) is 23.1. The Balaban J connectivity index is 1.21. The number of rotatable bonds is 8. The van der Waals surface area contributed by atoms with Crippen LogP contribution in [0.2, 0.25) is 0 Å². The molecule has 1 atom stereocenters. The summed E-state index contributed by atoms with van der Waals surface area (Å²) in [5.41, 5.74) is 3.42. The van der Waals surface area contributed by atoms with Crippen LogP contribution in [0, 0.1) is 0 Å². The highest BCUT2D eigenvalue weighted by molar-refractivity contribution is 7.10. The van der Waals surface area contributed by atoms with Crippen LogP contribution in [0.3, 0.4) is 0 Å². The summed E-state index contributed by atoms with van der Waals surface area (Å²) < 4.78 is 0. The fourth-order valence-corrected chi connectivity index (χ4v) is 4.61. The van der Waals surface area contributed by atoms with Crippen molar-refractivity contribution in [1.29, 1.82) is 0 Å². The molecule has 5 nitrogen and oxygen atoms in total. The van der Waals surface area contributed by atoms with Crippen molar-refractivity contribution < 1.29 is 4.79 Å². The van der Waals surface area contributed by atoms with Crippen LogP contribution in [0.15, 0.2) is 72.1 Å². The molecule has 0 aliphatic carbocycles. The van der Waals surface area contributed by atoms with Gasteiger partial charge in [0.25, 0.3) is 0 Å². The predicted molar refractivity (Wildman–Crippen MR) is 130 cm³/mol. The molecule has 0 radical (unpaired) electrons. The summed E-state index contributed by atoms with van der Waals surface area (Å²) in [4.78, 5) is 18.4. The molecule has 1 aliphatic rings. The third kappa shape index (κ3) is 6.17. The van der Waals surface area contributed by atoms with Gasteiger partial charge in [-0.05, 0) is 48.2 Å². The SMILES string of the molecule is C[C@H](NCC(=O)Nc1ccc(N2CCN(Cc3ccccc3)CC2)cc1)c1cccs1. The Bertz CT molecular complexity index is 935. The molecule has 1 saturated heterocycles. The number of thiophene rings is 1. The van der Waals surface area contributed by atoms with Crippen LogP contribution in [0.1, 0.15) is 23.4 Å². The minimum Gasteiger partial charge on any atom is -0.369 e. The molecule has 1 aromatic heterocycles. The van der Waals surface area contributed by atoms with Gasteiger partial charge in [0.1, 0.15) is 0 Å². The van der Waals surface area contributed by atoms with Gasteiger partial charge in [-0.15, -0.1) is 11.3 Å². The Morgan fingerprint density at radius 3 is 2.39 bits per heavy atom. The van der Waals surface area contributed by atoms with Crippen LogP contribution >= 0.6 is 11.3 Å². The lowest BCUT2D eigenvalue weighted by Crippen LogP contribution is -2.45. The smallest absolute Gasteiger partial charge is 0.238 e. The molecule has 4 rings (SSSR count). The number of carbonyl (C=O) groups excluding carboxylic acids is 1. The average Bonchev–Trinajstić information content (AvgIpc) is 3.35. The van der Waals surface area contributed by atoms with Crippen molar-refractivity contribution in [2.75, 3.05) is 42.9 Å². The third-order valence-corrected chi connectivity index (χ3v) is 6.73. The zero-order chi connectivity index (χ0) is 21.5. The molecule has 0 bridgehead atoms. The number of hydrogen-bond donors (Lipinski definition) is 2. The van der Waals surface area contributed by atoms with E-state index < -0.39 is 0 Å². The predicted octanol–water partition coefficient (Wildman–Crippen LogP) is 4.36. The van der Waals surface area contributed by atoms with Crippen LogP contribution < -0.4 is 15.5 Å². The van der Waals surface area contributed by atoms with Gasteiger partial charge in [0.05, 0.1) is 6.54 Å². The zero-order valence-electron chi connectivity index (χ0n) is 18.0. The quantitative estimate of drug-likeness (QED) is 0.553. The lowest BCUT2D eigenvalue weighted by atomic mass is 10.2. The van der Waals surface area contributed by atoms with Gasteiger partial charge < -0.3 is 15.5 Å². The van der Waals surface area contributed by atoms with E-state index in [4.69, 9.17) is 0 Å². The van der Waals surface area contributed by atoms with E-state index in [1.807, 2.05) is 18.2 Å². The molecule has 2 aromatic carbocycles. The maximum atomic E-state index is 12.3. The van der Waals surface area contributed by atoms with Gasteiger partial charge in [0.15, 0.2) is 0 Å². The Labute approximate surface area is 188 Å². The maximum absolute atomic E-state index is 12.3. The summed E-state index contributed by atoms with van der Waals surface area (Å²) >= 11 is 1.70. The highest BCUT2D eigenvalue weighted by Gasteiger charge is 2.17. The Morgan fingerprint density at radius 1 is 0.968 bits per heavy atom. The topological polar surface area (TPSA) is 47.6 Å². The van der Waals surface area contributed by atoms with Crippen molar-refractivity contribution in [2.24, 2.45) is 0 Å². The van der Waals surface area contributed by atoms with E-state index in [-0.39, 0.29) is 11.9 Å². The van der Waals surface area contributed by atoms with Gasteiger partial charge in [-0.3, -0.25) is 9.69 Å².